The summed E-state index contributed by atoms with van der Waals surface area (Å²) in [5.74, 6) is -0.967. The number of hydrogen-bond acceptors (Lipinski definition) is 7. The van der Waals surface area contributed by atoms with Gasteiger partial charge in [0.05, 0.1) is 23.4 Å². The van der Waals surface area contributed by atoms with Crippen molar-refractivity contribution < 1.29 is 23.8 Å². The van der Waals surface area contributed by atoms with Crippen molar-refractivity contribution in [1.29, 1.82) is 5.26 Å². The highest BCUT2D eigenvalue weighted by atomic mass is 35.5. The smallest absolute Gasteiger partial charge is 0.337 e. The lowest BCUT2D eigenvalue weighted by Gasteiger charge is -2.12. The zero-order chi connectivity index (χ0) is 24.8. The van der Waals surface area contributed by atoms with E-state index in [9.17, 15) is 19.6 Å². The van der Waals surface area contributed by atoms with Gasteiger partial charge in [-0.05, 0) is 37.3 Å². The maximum absolute atomic E-state index is 12.6. The third-order valence-corrected chi connectivity index (χ3v) is 5.11. The molecule has 0 aliphatic heterocycles. The number of carbonyl (C=O) groups is 2. The molecule has 10 nitrogen and oxygen atoms in total. The quantitative estimate of drug-likeness (QED) is 0.370. The van der Waals surface area contributed by atoms with Gasteiger partial charge in [0.2, 0.25) is 0 Å². The fourth-order valence-electron chi connectivity index (χ4n) is 3.19. The molecule has 0 atom stereocenters. The second-order valence-electron chi connectivity index (χ2n) is 7.12. The summed E-state index contributed by atoms with van der Waals surface area (Å²) in [7, 11) is 1.46. The monoisotopic (exact) mass is 482 g/mol. The van der Waals surface area contributed by atoms with Crippen LogP contribution in [0.3, 0.4) is 0 Å². The molecule has 0 unspecified atom stereocenters. The van der Waals surface area contributed by atoms with Crippen LogP contribution >= 0.6 is 11.6 Å². The number of carbonyl (C=O) groups excluding carboxylic acids is 1. The van der Waals surface area contributed by atoms with Gasteiger partial charge in [-0.3, -0.25) is 9.59 Å². The number of aromatic nitrogens is 1. The number of halogens is 1. The normalized spacial score (nSPS) is 10.9. The number of hydrogen-bond donors (Lipinski definition) is 2. The summed E-state index contributed by atoms with van der Waals surface area (Å²) < 4.78 is 11.8. The molecule has 1 amide bonds. The van der Waals surface area contributed by atoms with Crippen molar-refractivity contribution in [3.8, 4) is 17.4 Å². The van der Waals surface area contributed by atoms with E-state index in [4.69, 9.17) is 25.9 Å². The number of hydrazone groups is 1. The van der Waals surface area contributed by atoms with Crippen LogP contribution in [0, 0.1) is 18.3 Å². The highest BCUT2D eigenvalue weighted by Crippen LogP contribution is 2.27. The Bertz CT molecular complexity index is 1380. The standard InChI is InChI=1S/C23H19ClN4O6/c1-13-7-15(12-33-2)18(9-25)22(30)28(13)11-21(29)27-26-10-16-4-6-20(34-16)14-3-5-17(23(31)32)19(24)8-14/h3-8,10H,11-12H2,1-2H3,(H,27,29)(H,31,32)/b26-10+. The van der Waals surface area contributed by atoms with E-state index in [0.29, 0.717) is 28.3 Å². The molecular weight excluding hydrogens is 464 g/mol. The van der Waals surface area contributed by atoms with Crippen LogP contribution < -0.4 is 11.0 Å². The third kappa shape index (κ3) is 5.40. The van der Waals surface area contributed by atoms with Crippen LogP contribution in [0.4, 0.5) is 0 Å². The molecule has 0 bridgehead atoms. The summed E-state index contributed by atoms with van der Waals surface area (Å²) >= 11 is 5.99. The van der Waals surface area contributed by atoms with E-state index in [1.807, 2.05) is 6.07 Å². The molecule has 174 valence electrons. The van der Waals surface area contributed by atoms with Crippen LogP contribution in [-0.2, 0) is 22.7 Å². The Kier molecular flexibility index (Phi) is 7.63. The number of furan rings is 1. The lowest BCUT2D eigenvalue weighted by molar-refractivity contribution is -0.121. The Morgan fingerprint density at radius 3 is 2.74 bits per heavy atom. The molecule has 2 N–H and O–H groups in total. The van der Waals surface area contributed by atoms with E-state index < -0.39 is 17.4 Å². The number of carboxylic acids is 1. The number of nitriles is 1. The molecule has 2 heterocycles. The summed E-state index contributed by atoms with van der Waals surface area (Å²) in [6.07, 6.45) is 1.27. The number of carboxylic acid groups (broad SMARTS) is 1. The molecule has 0 fully saturated rings. The zero-order valence-electron chi connectivity index (χ0n) is 18.2. The number of benzene rings is 1. The van der Waals surface area contributed by atoms with Crippen molar-refractivity contribution in [2.45, 2.75) is 20.1 Å². The Morgan fingerprint density at radius 2 is 2.09 bits per heavy atom. The molecule has 1 aromatic carbocycles. The predicted octanol–water partition coefficient (Wildman–Crippen LogP) is 2.94. The van der Waals surface area contributed by atoms with Gasteiger partial charge in [0, 0.05) is 23.9 Å². The first-order chi connectivity index (χ1) is 16.2. The van der Waals surface area contributed by atoms with Crippen molar-refractivity contribution in [3.63, 3.8) is 0 Å². The molecule has 0 saturated carbocycles. The first-order valence-corrected chi connectivity index (χ1v) is 10.2. The number of rotatable bonds is 8. The number of methoxy groups -OCH3 is 1. The molecule has 0 radical (unpaired) electrons. The summed E-state index contributed by atoms with van der Waals surface area (Å²) in [5, 5.41) is 22.3. The van der Waals surface area contributed by atoms with Gasteiger partial charge in [-0.2, -0.15) is 10.4 Å². The van der Waals surface area contributed by atoms with Gasteiger partial charge in [0.1, 0.15) is 29.7 Å². The van der Waals surface area contributed by atoms with E-state index in [1.54, 1.807) is 31.2 Å². The second kappa shape index (κ2) is 10.6. The number of aryl methyl sites for hydroxylation is 1. The number of amides is 1. The Hall–Kier alpha value is -4.20. The first-order valence-electron chi connectivity index (χ1n) is 9.82. The average Bonchev–Trinajstić information content (AvgIpc) is 3.25. The molecule has 0 aliphatic carbocycles. The van der Waals surface area contributed by atoms with E-state index in [1.165, 1.54) is 30.0 Å². The highest BCUT2D eigenvalue weighted by molar-refractivity contribution is 6.33. The minimum Gasteiger partial charge on any atom is -0.478 e. The topological polar surface area (TPSA) is 147 Å². The molecule has 2 aromatic heterocycles. The average molecular weight is 483 g/mol. The minimum absolute atomic E-state index is 0.0222. The van der Waals surface area contributed by atoms with Crippen molar-refractivity contribution >= 4 is 29.7 Å². The number of ether oxygens (including phenoxy) is 1. The van der Waals surface area contributed by atoms with Crippen LogP contribution in [0.15, 0.2) is 50.7 Å². The second-order valence-corrected chi connectivity index (χ2v) is 7.52. The van der Waals surface area contributed by atoms with Gasteiger partial charge in [-0.25, -0.2) is 10.2 Å². The van der Waals surface area contributed by atoms with Gasteiger partial charge in [0.25, 0.3) is 11.5 Å². The molecule has 3 aromatic rings. The summed E-state index contributed by atoms with van der Waals surface area (Å²) in [6.45, 7) is 1.43. The van der Waals surface area contributed by atoms with Crippen molar-refractivity contribution in [3.05, 3.63) is 79.9 Å². The Labute approximate surface area is 198 Å². The van der Waals surface area contributed by atoms with Crippen LogP contribution in [0.2, 0.25) is 5.02 Å². The van der Waals surface area contributed by atoms with Gasteiger partial charge in [-0.1, -0.05) is 17.7 Å². The van der Waals surface area contributed by atoms with Gasteiger partial charge in [-0.15, -0.1) is 0 Å². The molecular formula is C23H19ClN4O6. The number of nitrogens with zero attached hydrogens (tertiary/aromatic N) is 3. The van der Waals surface area contributed by atoms with E-state index in [-0.39, 0.29) is 29.3 Å². The largest absolute Gasteiger partial charge is 0.478 e. The number of nitrogens with one attached hydrogen (secondary N) is 1. The summed E-state index contributed by atoms with van der Waals surface area (Å²) in [5.41, 5.74) is 3.14. The SMILES string of the molecule is COCc1cc(C)n(CC(=O)N/N=C/c2ccc(-c3ccc(C(=O)O)c(Cl)c3)o2)c(=O)c1C#N. The minimum atomic E-state index is -1.13. The molecule has 11 heteroatoms. The fraction of sp³-hybridized carbons (Fsp3) is 0.174. The maximum Gasteiger partial charge on any atom is 0.337 e. The van der Waals surface area contributed by atoms with Crippen LogP contribution in [0.5, 0.6) is 0 Å². The highest BCUT2D eigenvalue weighted by Gasteiger charge is 2.15. The Morgan fingerprint density at radius 1 is 1.32 bits per heavy atom. The fourth-order valence-corrected chi connectivity index (χ4v) is 3.45. The van der Waals surface area contributed by atoms with Gasteiger partial charge >= 0.3 is 5.97 Å². The maximum atomic E-state index is 12.6. The predicted molar refractivity (Wildman–Crippen MR) is 123 cm³/mol. The van der Waals surface area contributed by atoms with E-state index in [0.717, 1.165) is 0 Å². The summed E-state index contributed by atoms with van der Waals surface area (Å²) in [4.78, 5) is 35.9. The van der Waals surface area contributed by atoms with E-state index in [2.05, 4.69) is 10.5 Å². The van der Waals surface area contributed by atoms with Crippen LogP contribution in [0.25, 0.3) is 11.3 Å². The lowest BCUT2D eigenvalue weighted by atomic mass is 10.1. The molecule has 0 aliphatic rings. The van der Waals surface area contributed by atoms with Gasteiger partial charge in [0.15, 0.2) is 0 Å². The first kappa shape index (κ1) is 24.4. The molecule has 34 heavy (non-hydrogen) atoms. The van der Waals surface area contributed by atoms with Crippen LogP contribution in [-0.4, -0.2) is 34.9 Å². The lowest BCUT2D eigenvalue weighted by Crippen LogP contribution is -2.33. The number of pyridine rings is 1. The molecule has 3 rings (SSSR count). The van der Waals surface area contributed by atoms with Crippen molar-refractivity contribution in [2.75, 3.05) is 7.11 Å². The molecule has 0 spiro atoms. The van der Waals surface area contributed by atoms with E-state index >= 15 is 0 Å². The molecule has 0 saturated heterocycles. The van der Waals surface area contributed by atoms with Gasteiger partial charge < -0.3 is 18.8 Å². The van der Waals surface area contributed by atoms with Crippen molar-refractivity contribution in [1.82, 2.24) is 9.99 Å². The number of aromatic carboxylic acids is 1. The summed E-state index contributed by atoms with van der Waals surface area (Å²) in [6, 6.07) is 11.1. The zero-order valence-corrected chi connectivity index (χ0v) is 18.9. The van der Waals surface area contributed by atoms with Crippen LogP contribution in [0.1, 0.15) is 32.9 Å². The Balaban J connectivity index is 1.68. The van der Waals surface area contributed by atoms with Crippen molar-refractivity contribution in [2.24, 2.45) is 5.10 Å². The third-order valence-electron chi connectivity index (χ3n) is 4.79.